The molecule has 1 amide bonds. The first-order valence-corrected chi connectivity index (χ1v) is 14.2. The van der Waals surface area contributed by atoms with Crippen molar-refractivity contribution in [3.8, 4) is 5.75 Å². The van der Waals surface area contributed by atoms with Crippen LogP contribution in [0.3, 0.4) is 0 Å². The lowest BCUT2D eigenvalue weighted by Crippen LogP contribution is -2.51. The highest BCUT2D eigenvalue weighted by Crippen LogP contribution is 2.13. The summed E-state index contributed by atoms with van der Waals surface area (Å²) < 4.78 is 29.7. The van der Waals surface area contributed by atoms with Crippen LogP contribution in [-0.4, -0.2) is 67.9 Å². The standard InChI is InChI=1S/C27H40N2O6S.ClH/c1-20(2)12-14-36(33,34)15-13-25(30)27(32)29-24(17-21-8-5-4-6-9-21)26(31)19-28-18-22-10-7-11-23(16-22)35-3;/h4-11,16,20,24-26,28,30-31H,12-15,17-19H2,1-3H3,(H,29,32);1H/t24-,25?,26-;/m0./s1. The Labute approximate surface area is 227 Å². The maximum Gasteiger partial charge on any atom is 0.249 e. The van der Waals surface area contributed by atoms with Gasteiger partial charge in [0, 0.05) is 13.1 Å². The Morgan fingerprint density at radius 2 is 1.62 bits per heavy atom. The van der Waals surface area contributed by atoms with Crippen molar-refractivity contribution in [1.29, 1.82) is 0 Å². The largest absolute Gasteiger partial charge is 0.497 e. The average molecular weight is 557 g/mol. The predicted octanol–water partition coefficient (Wildman–Crippen LogP) is 2.51. The quantitative estimate of drug-likeness (QED) is 0.250. The van der Waals surface area contributed by atoms with E-state index >= 15 is 0 Å². The fraction of sp³-hybridized carbons (Fsp3) is 0.519. The third kappa shape index (κ3) is 12.8. The van der Waals surface area contributed by atoms with Gasteiger partial charge in [0.05, 0.1) is 30.8 Å². The van der Waals surface area contributed by atoms with Gasteiger partial charge >= 0.3 is 0 Å². The second-order valence-electron chi connectivity index (χ2n) is 9.49. The molecule has 0 aliphatic rings. The lowest BCUT2D eigenvalue weighted by Gasteiger charge is -2.26. The summed E-state index contributed by atoms with van der Waals surface area (Å²) in [6.45, 7) is 4.59. The number of ether oxygens (including phenoxy) is 1. The fourth-order valence-corrected chi connectivity index (χ4v) is 5.28. The molecule has 2 aromatic carbocycles. The molecule has 0 heterocycles. The van der Waals surface area contributed by atoms with Crippen LogP contribution in [-0.2, 0) is 27.6 Å². The van der Waals surface area contributed by atoms with Crippen molar-refractivity contribution in [2.24, 2.45) is 5.92 Å². The maximum absolute atomic E-state index is 12.7. The number of aliphatic hydroxyl groups is 2. The number of nitrogens with one attached hydrogen (secondary N) is 2. The molecule has 0 spiro atoms. The number of amides is 1. The highest BCUT2D eigenvalue weighted by molar-refractivity contribution is 7.91. The molecule has 0 aromatic heterocycles. The van der Waals surface area contributed by atoms with E-state index in [0.717, 1.165) is 16.9 Å². The first-order chi connectivity index (χ1) is 17.1. The Morgan fingerprint density at radius 1 is 0.973 bits per heavy atom. The third-order valence-corrected chi connectivity index (χ3v) is 7.63. The number of halogens is 1. The first-order valence-electron chi connectivity index (χ1n) is 12.3. The van der Waals surface area contributed by atoms with Gasteiger partial charge < -0.3 is 25.6 Å². The molecule has 37 heavy (non-hydrogen) atoms. The molecule has 0 bridgehead atoms. The van der Waals surface area contributed by atoms with Crippen LogP contribution in [0, 0.1) is 5.92 Å². The van der Waals surface area contributed by atoms with Gasteiger partial charge in [0.2, 0.25) is 5.91 Å². The molecule has 0 fully saturated rings. The van der Waals surface area contributed by atoms with Gasteiger partial charge in [-0.2, -0.15) is 0 Å². The van der Waals surface area contributed by atoms with Crippen LogP contribution in [0.4, 0.5) is 0 Å². The first kappa shape index (κ1) is 32.9. The van der Waals surface area contributed by atoms with Gasteiger partial charge in [-0.05, 0) is 48.4 Å². The van der Waals surface area contributed by atoms with Gasteiger partial charge in [0.25, 0.3) is 0 Å². The predicted molar refractivity (Wildman–Crippen MR) is 149 cm³/mol. The second kappa shape index (κ2) is 16.6. The Balaban J connectivity index is 0.00000684. The van der Waals surface area contributed by atoms with Crippen molar-refractivity contribution in [2.45, 2.75) is 57.9 Å². The summed E-state index contributed by atoms with van der Waals surface area (Å²) in [6, 6.07) is 16.3. The number of hydrogen-bond acceptors (Lipinski definition) is 7. The van der Waals surface area contributed by atoms with E-state index in [4.69, 9.17) is 4.74 Å². The molecule has 1 unspecified atom stereocenters. The number of rotatable bonds is 16. The molecule has 0 saturated carbocycles. The Bertz CT molecular complexity index is 1040. The van der Waals surface area contributed by atoms with Crippen LogP contribution >= 0.6 is 12.4 Å². The van der Waals surface area contributed by atoms with E-state index in [2.05, 4.69) is 10.6 Å². The SMILES string of the molecule is COc1cccc(CNC[C@H](O)[C@H](Cc2ccccc2)NC(=O)C(O)CCS(=O)(=O)CCC(C)C)c1.Cl. The van der Waals surface area contributed by atoms with Gasteiger partial charge in [-0.15, -0.1) is 12.4 Å². The highest BCUT2D eigenvalue weighted by atomic mass is 35.5. The van der Waals surface area contributed by atoms with Gasteiger partial charge in [-0.1, -0.05) is 56.3 Å². The molecule has 0 radical (unpaired) electrons. The van der Waals surface area contributed by atoms with E-state index in [9.17, 15) is 23.4 Å². The van der Waals surface area contributed by atoms with Gasteiger partial charge in [0.15, 0.2) is 0 Å². The molecule has 0 aliphatic heterocycles. The van der Waals surface area contributed by atoms with Crippen molar-refractivity contribution >= 4 is 28.2 Å². The molecule has 10 heteroatoms. The summed E-state index contributed by atoms with van der Waals surface area (Å²) in [5.74, 6) is 0.0761. The monoisotopic (exact) mass is 556 g/mol. The van der Waals surface area contributed by atoms with Crippen LogP contribution in [0.1, 0.15) is 37.8 Å². The van der Waals surface area contributed by atoms with Crippen LogP contribution in [0.5, 0.6) is 5.75 Å². The van der Waals surface area contributed by atoms with E-state index in [1.54, 1.807) is 7.11 Å². The number of aliphatic hydroxyl groups excluding tert-OH is 2. The van der Waals surface area contributed by atoms with E-state index in [0.29, 0.717) is 19.4 Å². The molecule has 4 N–H and O–H groups in total. The molecule has 0 saturated heterocycles. The number of benzene rings is 2. The molecular formula is C27H41ClN2O6S. The van der Waals surface area contributed by atoms with Crippen molar-refractivity contribution in [1.82, 2.24) is 10.6 Å². The lowest BCUT2D eigenvalue weighted by molar-refractivity contribution is -0.131. The number of hydrogen-bond donors (Lipinski definition) is 4. The second-order valence-corrected chi connectivity index (χ2v) is 11.8. The minimum absolute atomic E-state index is 0. The third-order valence-electron chi connectivity index (χ3n) is 5.92. The van der Waals surface area contributed by atoms with Crippen molar-refractivity contribution in [3.05, 3.63) is 65.7 Å². The van der Waals surface area contributed by atoms with Crippen LogP contribution in [0.15, 0.2) is 54.6 Å². The summed E-state index contributed by atoms with van der Waals surface area (Å²) in [5, 5.41) is 27.1. The zero-order chi connectivity index (χ0) is 26.6. The molecule has 2 rings (SSSR count). The van der Waals surface area contributed by atoms with E-state index in [1.807, 2.05) is 68.4 Å². The number of sulfone groups is 1. The van der Waals surface area contributed by atoms with Gasteiger partial charge in [0.1, 0.15) is 21.7 Å². The van der Waals surface area contributed by atoms with E-state index in [-0.39, 0.29) is 42.8 Å². The average Bonchev–Trinajstić information content (AvgIpc) is 2.86. The minimum Gasteiger partial charge on any atom is -0.497 e. The van der Waals surface area contributed by atoms with Crippen LogP contribution in [0.25, 0.3) is 0 Å². The van der Waals surface area contributed by atoms with E-state index < -0.39 is 34.0 Å². The summed E-state index contributed by atoms with van der Waals surface area (Å²) in [5.41, 5.74) is 1.90. The smallest absolute Gasteiger partial charge is 0.249 e. The van der Waals surface area contributed by atoms with Gasteiger partial charge in [-0.3, -0.25) is 4.79 Å². The fourth-order valence-electron chi connectivity index (χ4n) is 3.66. The zero-order valence-electron chi connectivity index (χ0n) is 21.8. The summed E-state index contributed by atoms with van der Waals surface area (Å²) in [7, 11) is -1.75. The summed E-state index contributed by atoms with van der Waals surface area (Å²) >= 11 is 0. The molecule has 3 atom stereocenters. The Kier molecular flexibility index (Phi) is 14.8. The number of methoxy groups -OCH3 is 1. The number of carbonyl (C=O) groups excluding carboxylic acids is 1. The topological polar surface area (TPSA) is 125 Å². The van der Waals surface area contributed by atoms with Crippen LogP contribution < -0.4 is 15.4 Å². The minimum atomic E-state index is -3.35. The maximum atomic E-state index is 12.7. The van der Waals surface area contributed by atoms with Crippen molar-refractivity contribution in [2.75, 3.05) is 25.2 Å². The molecular weight excluding hydrogens is 516 g/mol. The molecule has 2 aromatic rings. The summed E-state index contributed by atoms with van der Waals surface area (Å²) in [4.78, 5) is 12.7. The van der Waals surface area contributed by atoms with Gasteiger partial charge in [-0.25, -0.2) is 8.42 Å². The van der Waals surface area contributed by atoms with Crippen LogP contribution in [0.2, 0.25) is 0 Å². The normalized spacial score (nSPS) is 13.9. The molecule has 8 nitrogen and oxygen atoms in total. The Hall–Kier alpha value is -2.17. The molecule has 208 valence electrons. The number of carbonyl (C=O) groups is 1. The van der Waals surface area contributed by atoms with Crippen molar-refractivity contribution < 1.29 is 28.2 Å². The lowest BCUT2D eigenvalue weighted by atomic mass is 10.0. The highest BCUT2D eigenvalue weighted by Gasteiger charge is 2.26. The van der Waals surface area contributed by atoms with Crippen molar-refractivity contribution in [3.63, 3.8) is 0 Å². The Morgan fingerprint density at radius 3 is 2.27 bits per heavy atom. The van der Waals surface area contributed by atoms with E-state index in [1.165, 1.54) is 0 Å². The molecule has 0 aliphatic carbocycles. The summed E-state index contributed by atoms with van der Waals surface area (Å²) in [6.07, 6.45) is -1.71. The zero-order valence-corrected chi connectivity index (χ0v) is 23.4.